The van der Waals surface area contributed by atoms with E-state index < -0.39 is 0 Å². The van der Waals surface area contributed by atoms with E-state index in [-0.39, 0.29) is 12.2 Å². The number of para-hydroxylation sites is 2. The topological polar surface area (TPSA) is 54.0 Å². The van der Waals surface area contributed by atoms with Gasteiger partial charge in [-0.25, -0.2) is 4.79 Å². The van der Waals surface area contributed by atoms with Crippen molar-refractivity contribution in [3.8, 4) is 5.75 Å². The number of nitrogens with zero attached hydrogens (tertiary/aromatic N) is 2. The first-order valence-electron chi connectivity index (χ1n) is 12.9. The van der Waals surface area contributed by atoms with Crippen LogP contribution in [0.3, 0.4) is 0 Å². The Morgan fingerprint density at radius 2 is 1.53 bits per heavy atom. The maximum absolute atomic E-state index is 12.8. The van der Waals surface area contributed by atoms with E-state index in [2.05, 4.69) is 22.0 Å². The summed E-state index contributed by atoms with van der Waals surface area (Å²) in [5.41, 5.74) is 0.683. The average molecular weight is 446 g/mol. The molecular formula is C26H43N3O3. The number of benzene rings is 1. The highest BCUT2D eigenvalue weighted by molar-refractivity contribution is 5.86. The number of nitrogens with one attached hydrogen (secondary N) is 1. The van der Waals surface area contributed by atoms with Gasteiger partial charge in [-0.15, -0.1) is 0 Å². The summed E-state index contributed by atoms with van der Waals surface area (Å²) in [7, 11) is 0. The number of piperidine rings is 2. The number of anilines is 1. The third kappa shape index (κ3) is 8.99. The highest BCUT2D eigenvalue weighted by Gasteiger charge is 2.24. The van der Waals surface area contributed by atoms with Gasteiger partial charge in [0.05, 0.1) is 12.3 Å². The summed E-state index contributed by atoms with van der Waals surface area (Å²) in [5.74, 6) is 0.713. The molecule has 3 rings (SSSR count). The van der Waals surface area contributed by atoms with Crippen LogP contribution in [-0.2, 0) is 4.74 Å². The number of hydrogen-bond acceptors (Lipinski definition) is 5. The van der Waals surface area contributed by atoms with Gasteiger partial charge in [-0.1, -0.05) is 51.2 Å². The molecule has 6 nitrogen and oxygen atoms in total. The molecule has 0 bridgehead atoms. The lowest BCUT2D eigenvalue weighted by Gasteiger charge is -2.34. The molecule has 2 fully saturated rings. The Kier molecular flexibility index (Phi) is 11.2. The number of amides is 1. The molecule has 0 saturated carbocycles. The lowest BCUT2D eigenvalue weighted by molar-refractivity contribution is 0.0438. The molecule has 0 spiro atoms. The maximum atomic E-state index is 12.8. The quantitative estimate of drug-likeness (QED) is 0.429. The highest BCUT2D eigenvalue weighted by atomic mass is 16.6. The van der Waals surface area contributed by atoms with Crippen LogP contribution >= 0.6 is 0 Å². The van der Waals surface area contributed by atoms with Crippen molar-refractivity contribution < 1.29 is 14.3 Å². The number of unbranched alkanes of at least 4 members (excludes halogenated alkanes) is 3. The Bertz CT molecular complexity index is 637. The Labute approximate surface area is 194 Å². The molecule has 0 aromatic heterocycles. The first kappa shape index (κ1) is 24.8. The molecule has 1 amide bonds. The average Bonchev–Trinajstić information content (AvgIpc) is 2.81. The molecule has 2 saturated heterocycles. The molecule has 2 aliphatic rings. The van der Waals surface area contributed by atoms with Crippen LogP contribution in [0.2, 0.25) is 0 Å². The van der Waals surface area contributed by atoms with Gasteiger partial charge in [-0.2, -0.15) is 0 Å². The molecule has 0 atom stereocenters. The highest BCUT2D eigenvalue weighted by Crippen LogP contribution is 2.24. The zero-order valence-electron chi connectivity index (χ0n) is 20.0. The van der Waals surface area contributed by atoms with Gasteiger partial charge >= 0.3 is 6.09 Å². The van der Waals surface area contributed by atoms with Crippen molar-refractivity contribution in [1.82, 2.24) is 9.80 Å². The summed E-state index contributed by atoms with van der Waals surface area (Å²) >= 11 is 0. The lowest BCUT2D eigenvalue weighted by Crippen LogP contribution is -2.46. The van der Waals surface area contributed by atoms with Gasteiger partial charge in [0.2, 0.25) is 0 Å². The van der Waals surface area contributed by atoms with E-state index in [4.69, 9.17) is 9.47 Å². The zero-order chi connectivity index (χ0) is 22.4. The fraction of sp³-hybridized carbons (Fsp3) is 0.731. The summed E-state index contributed by atoms with van der Waals surface area (Å²) in [5, 5.41) is 2.94. The van der Waals surface area contributed by atoms with Crippen LogP contribution < -0.4 is 10.1 Å². The van der Waals surface area contributed by atoms with Crippen molar-refractivity contribution in [2.75, 3.05) is 51.2 Å². The SMILES string of the molecule is CCCCCCOc1ccccc1NC(=O)OC(CN1CCCCC1)CN1CCCCC1. The Morgan fingerprint density at radius 1 is 0.906 bits per heavy atom. The monoisotopic (exact) mass is 445 g/mol. The molecule has 0 radical (unpaired) electrons. The van der Waals surface area contributed by atoms with E-state index in [1.165, 1.54) is 57.8 Å². The van der Waals surface area contributed by atoms with Crippen LogP contribution in [0.5, 0.6) is 5.75 Å². The Balaban J connectivity index is 1.54. The molecule has 0 aliphatic carbocycles. The molecule has 2 aliphatic heterocycles. The van der Waals surface area contributed by atoms with Crippen LogP contribution in [0.1, 0.15) is 71.1 Å². The van der Waals surface area contributed by atoms with Crippen LogP contribution in [0, 0.1) is 0 Å². The van der Waals surface area contributed by atoms with Crippen LogP contribution in [0.4, 0.5) is 10.5 Å². The normalized spacial score (nSPS) is 17.9. The van der Waals surface area contributed by atoms with Crippen molar-refractivity contribution in [2.45, 2.75) is 77.2 Å². The van der Waals surface area contributed by atoms with E-state index in [0.29, 0.717) is 18.0 Å². The number of carbonyl (C=O) groups excluding carboxylic acids is 1. The third-order valence-corrected chi connectivity index (χ3v) is 6.47. The van der Waals surface area contributed by atoms with Crippen LogP contribution in [0.25, 0.3) is 0 Å². The predicted molar refractivity (Wildman–Crippen MR) is 131 cm³/mol. The van der Waals surface area contributed by atoms with Crippen LogP contribution in [0.15, 0.2) is 24.3 Å². The minimum Gasteiger partial charge on any atom is -0.491 e. The number of likely N-dealkylation sites (tertiary alicyclic amines) is 2. The van der Waals surface area contributed by atoms with Crippen molar-refractivity contribution in [2.24, 2.45) is 0 Å². The fourth-order valence-corrected chi connectivity index (χ4v) is 4.69. The van der Waals surface area contributed by atoms with E-state index in [0.717, 1.165) is 45.7 Å². The summed E-state index contributed by atoms with van der Waals surface area (Å²) in [4.78, 5) is 17.8. The fourth-order valence-electron chi connectivity index (χ4n) is 4.69. The van der Waals surface area contributed by atoms with Crippen molar-refractivity contribution in [3.05, 3.63) is 24.3 Å². The molecule has 6 heteroatoms. The van der Waals surface area contributed by atoms with Crippen molar-refractivity contribution in [1.29, 1.82) is 0 Å². The van der Waals surface area contributed by atoms with Crippen LogP contribution in [-0.4, -0.2) is 67.9 Å². The Hall–Kier alpha value is -1.79. The minimum atomic E-state index is -0.383. The second-order valence-electron chi connectivity index (χ2n) is 9.28. The van der Waals surface area contributed by atoms with E-state index in [1.54, 1.807) is 0 Å². The molecule has 180 valence electrons. The number of carbonyl (C=O) groups is 1. The van der Waals surface area contributed by atoms with E-state index >= 15 is 0 Å². The number of rotatable bonds is 12. The number of ether oxygens (including phenoxy) is 2. The molecular weight excluding hydrogens is 402 g/mol. The molecule has 1 aromatic carbocycles. The zero-order valence-corrected chi connectivity index (χ0v) is 20.0. The predicted octanol–water partition coefficient (Wildman–Crippen LogP) is 5.53. The second-order valence-corrected chi connectivity index (χ2v) is 9.28. The summed E-state index contributed by atoms with van der Waals surface area (Å²) < 4.78 is 11.9. The van der Waals surface area contributed by atoms with Gasteiger partial charge in [0.25, 0.3) is 0 Å². The smallest absolute Gasteiger partial charge is 0.412 e. The van der Waals surface area contributed by atoms with Crippen molar-refractivity contribution >= 4 is 11.8 Å². The minimum absolute atomic E-state index is 0.117. The molecule has 1 N–H and O–H groups in total. The molecule has 2 heterocycles. The maximum Gasteiger partial charge on any atom is 0.412 e. The van der Waals surface area contributed by atoms with Gasteiger partial charge in [0, 0.05) is 13.1 Å². The summed E-state index contributed by atoms with van der Waals surface area (Å²) in [6.45, 7) is 8.94. The van der Waals surface area contributed by atoms with Gasteiger partial charge in [0.15, 0.2) is 0 Å². The first-order chi connectivity index (χ1) is 15.7. The standard InChI is InChI=1S/C26H43N3O3/c1-2-3-4-13-20-31-25-15-8-7-14-24(25)27-26(30)32-23(21-28-16-9-5-10-17-28)22-29-18-11-6-12-19-29/h7-8,14-15,23H,2-6,9-13,16-22H2,1H3,(H,27,30). The second kappa shape index (κ2) is 14.4. The lowest BCUT2D eigenvalue weighted by atomic mass is 10.1. The van der Waals surface area contributed by atoms with Gasteiger partial charge < -0.3 is 9.47 Å². The van der Waals surface area contributed by atoms with Gasteiger partial charge in [-0.3, -0.25) is 15.1 Å². The summed E-state index contributed by atoms with van der Waals surface area (Å²) in [6, 6.07) is 7.65. The van der Waals surface area contributed by atoms with Gasteiger partial charge in [0.1, 0.15) is 11.9 Å². The third-order valence-electron chi connectivity index (χ3n) is 6.47. The molecule has 32 heavy (non-hydrogen) atoms. The van der Waals surface area contributed by atoms with E-state index in [9.17, 15) is 4.79 Å². The first-order valence-corrected chi connectivity index (χ1v) is 12.9. The molecule has 1 aromatic rings. The van der Waals surface area contributed by atoms with Crippen molar-refractivity contribution in [3.63, 3.8) is 0 Å². The summed E-state index contributed by atoms with van der Waals surface area (Å²) in [6.07, 6.45) is 11.7. The molecule has 0 unspecified atom stereocenters. The van der Waals surface area contributed by atoms with Gasteiger partial charge in [-0.05, 0) is 70.4 Å². The largest absolute Gasteiger partial charge is 0.491 e. The number of hydrogen-bond donors (Lipinski definition) is 1. The Morgan fingerprint density at radius 3 is 2.16 bits per heavy atom. The van der Waals surface area contributed by atoms with E-state index in [1.807, 2.05) is 24.3 Å².